The van der Waals surface area contributed by atoms with Crippen LogP contribution in [-0.4, -0.2) is 27.5 Å². The molecule has 3 aromatic heterocycles. The highest BCUT2D eigenvalue weighted by Gasteiger charge is 2.18. The molecule has 8 heteroatoms. The molecule has 32 heavy (non-hydrogen) atoms. The van der Waals surface area contributed by atoms with Gasteiger partial charge in [-0.3, -0.25) is 4.79 Å². The molecule has 0 bridgehead atoms. The van der Waals surface area contributed by atoms with Gasteiger partial charge < -0.3 is 4.74 Å². The molecule has 5 nitrogen and oxygen atoms in total. The number of fused-ring (bicyclic) bond motifs is 1. The number of hydrogen-bond acceptors (Lipinski definition) is 6. The van der Waals surface area contributed by atoms with Gasteiger partial charge in [-0.15, -0.1) is 11.3 Å². The normalized spacial score (nSPS) is 11.4. The zero-order valence-corrected chi connectivity index (χ0v) is 20.1. The molecule has 0 unspecified atom stereocenters. The summed E-state index contributed by atoms with van der Waals surface area (Å²) in [4.78, 5) is 18.9. The molecule has 0 amide bonds. The molecule has 2 aromatic carbocycles. The number of carbonyl (C=O) groups is 1. The lowest BCUT2D eigenvalue weighted by Crippen LogP contribution is -1.93. The van der Waals surface area contributed by atoms with Gasteiger partial charge >= 0.3 is 0 Å². The van der Waals surface area contributed by atoms with Crippen LogP contribution in [0.1, 0.15) is 15.4 Å². The van der Waals surface area contributed by atoms with Crippen LogP contribution < -0.4 is 4.74 Å². The number of rotatable bonds is 6. The second-order valence-electron chi connectivity index (χ2n) is 6.86. The van der Waals surface area contributed by atoms with Crippen molar-refractivity contribution >= 4 is 55.4 Å². The second kappa shape index (κ2) is 8.82. The standard InChI is InChI=1S/C24H16BrN3O2S2/c1-30-18-10-6-16(7-11-18)23-27-28-19(12-13-20(29)21-3-2-14-31-21)22(26-24(28)32-23)15-4-8-17(25)9-5-15/h2-14H,1H3/b13-12+. The minimum absolute atomic E-state index is 0.0395. The van der Waals surface area contributed by atoms with Crippen LogP contribution in [0.3, 0.4) is 0 Å². The van der Waals surface area contributed by atoms with Crippen LogP contribution >= 0.6 is 38.6 Å². The van der Waals surface area contributed by atoms with E-state index < -0.39 is 0 Å². The summed E-state index contributed by atoms with van der Waals surface area (Å²) >= 11 is 6.41. The summed E-state index contributed by atoms with van der Waals surface area (Å²) in [6, 6.07) is 19.4. The zero-order chi connectivity index (χ0) is 22.1. The zero-order valence-electron chi connectivity index (χ0n) is 16.9. The molecule has 0 aliphatic rings. The molecule has 0 atom stereocenters. The Morgan fingerprint density at radius 1 is 1.06 bits per heavy atom. The van der Waals surface area contributed by atoms with Crippen molar-refractivity contribution in [2.45, 2.75) is 0 Å². The molecule has 0 N–H and O–H groups in total. The summed E-state index contributed by atoms with van der Waals surface area (Å²) in [6.07, 6.45) is 3.39. The van der Waals surface area contributed by atoms with Crippen molar-refractivity contribution in [2.75, 3.05) is 7.11 Å². The van der Waals surface area contributed by atoms with E-state index in [4.69, 9.17) is 14.8 Å². The highest BCUT2D eigenvalue weighted by Crippen LogP contribution is 2.33. The molecule has 5 rings (SSSR count). The van der Waals surface area contributed by atoms with E-state index in [0.717, 1.165) is 42.7 Å². The number of carbonyl (C=O) groups excluding carboxylic acids is 1. The first-order chi connectivity index (χ1) is 15.6. The Kier molecular flexibility index (Phi) is 5.73. The van der Waals surface area contributed by atoms with E-state index in [2.05, 4.69) is 15.9 Å². The predicted molar refractivity (Wildman–Crippen MR) is 134 cm³/mol. The number of aromatic nitrogens is 3. The number of methoxy groups -OCH3 is 1. The third kappa shape index (κ3) is 4.04. The van der Waals surface area contributed by atoms with Crippen molar-refractivity contribution in [3.63, 3.8) is 0 Å². The van der Waals surface area contributed by atoms with Crippen LogP contribution in [-0.2, 0) is 0 Å². The molecule has 0 saturated heterocycles. The maximum atomic E-state index is 12.6. The number of allylic oxidation sites excluding steroid dienone is 1. The van der Waals surface area contributed by atoms with Crippen molar-refractivity contribution in [3.05, 3.63) is 87.2 Å². The first-order valence-corrected chi connectivity index (χ1v) is 12.2. The molecular formula is C24H16BrN3O2S2. The fourth-order valence-corrected chi connectivity index (χ4v) is 5.06. The SMILES string of the molecule is COc1ccc(-c2nn3c(/C=C/C(=O)c4cccs4)c(-c4ccc(Br)cc4)nc3s2)cc1. The Balaban J connectivity index is 1.60. The van der Waals surface area contributed by atoms with Crippen LogP contribution in [0.5, 0.6) is 5.75 Å². The molecule has 0 aliphatic carbocycles. The van der Waals surface area contributed by atoms with Crippen molar-refractivity contribution in [1.29, 1.82) is 0 Å². The number of ether oxygens (including phenoxy) is 1. The van der Waals surface area contributed by atoms with Gasteiger partial charge in [0.05, 0.1) is 23.4 Å². The van der Waals surface area contributed by atoms with Gasteiger partial charge in [-0.25, -0.2) is 9.50 Å². The quantitative estimate of drug-likeness (QED) is 0.181. The predicted octanol–water partition coefficient (Wildman–Crippen LogP) is 6.85. The fraction of sp³-hybridized carbons (Fsp3) is 0.0417. The lowest BCUT2D eigenvalue weighted by atomic mass is 10.1. The van der Waals surface area contributed by atoms with Gasteiger partial charge in [0.1, 0.15) is 10.8 Å². The van der Waals surface area contributed by atoms with Gasteiger partial charge in [0.25, 0.3) is 0 Å². The largest absolute Gasteiger partial charge is 0.497 e. The van der Waals surface area contributed by atoms with Crippen molar-refractivity contribution in [2.24, 2.45) is 0 Å². The molecule has 0 aliphatic heterocycles. The number of ketones is 1. The number of thiophene rings is 1. The molecule has 3 heterocycles. The Hall–Kier alpha value is -3.07. The van der Waals surface area contributed by atoms with E-state index in [-0.39, 0.29) is 5.78 Å². The first-order valence-electron chi connectivity index (χ1n) is 9.68. The van der Waals surface area contributed by atoms with Gasteiger partial charge in [0.2, 0.25) is 4.96 Å². The lowest BCUT2D eigenvalue weighted by molar-refractivity contribution is 0.105. The highest BCUT2D eigenvalue weighted by molar-refractivity contribution is 9.10. The number of hydrogen-bond donors (Lipinski definition) is 0. The first kappa shape index (κ1) is 20.8. The topological polar surface area (TPSA) is 56.5 Å². The summed E-state index contributed by atoms with van der Waals surface area (Å²) in [5.41, 5.74) is 3.49. The maximum absolute atomic E-state index is 12.6. The van der Waals surface area contributed by atoms with Crippen LogP contribution in [0.15, 0.2) is 76.6 Å². The lowest BCUT2D eigenvalue weighted by Gasteiger charge is -2.01. The van der Waals surface area contributed by atoms with E-state index in [9.17, 15) is 4.79 Å². The number of nitrogens with zero attached hydrogens (tertiary/aromatic N) is 3. The highest BCUT2D eigenvalue weighted by atomic mass is 79.9. The van der Waals surface area contributed by atoms with E-state index in [1.165, 1.54) is 22.7 Å². The average Bonchev–Trinajstić information content (AvgIpc) is 3.55. The number of imidazole rings is 1. The summed E-state index contributed by atoms with van der Waals surface area (Å²) in [5, 5.41) is 7.55. The van der Waals surface area contributed by atoms with Gasteiger partial charge in [0.15, 0.2) is 5.78 Å². The molecule has 5 aromatic rings. The van der Waals surface area contributed by atoms with Gasteiger partial charge in [-0.05, 0) is 60.0 Å². The number of halogens is 1. The minimum atomic E-state index is -0.0395. The molecule has 158 valence electrons. The van der Waals surface area contributed by atoms with E-state index in [1.807, 2.05) is 66.0 Å². The molecule has 0 saturated carbocycles. The number of benzene rings is 2. The fourth-order valence-electron chi connectivity index (χ4n) is 3.24. The smallest absolute Gasteiger partial charge is 0.213 e. The summed E-state index contributed by atoms with van der Waals surface area (Å²) < 4.78 is 8.05. The van der Waals surface area contributed by atoms with Gasteiger partial charge in [0, 0.05) is 15.6 Å². The summed E-state index contributed by atoms with van der Waals surface area (Å²) in [7, 11) is 1.65. The van der Waals surface area contributed by atoms with Crippen LogP contribution in [0, 0.1) is 0 Å². The van der Waals surface area contributed by atoms with Crippen LogP contribution in [0.2, 0.25) is 0 Å². The van der Waals surface area contributed by atoms with Gasteiger partial charge in [-0.2, -0.15) is 5.10 Å². The van der Waals surface area contributed by atoms with Crippen molar-refractivity contribution in [3.8, 4) is 27.6 Å². The van der Waals surface area contributed by atoms with E-state index >= 15 is 0 Å². The third-order valence-electron chi connectivity index (χ3n) is 4.85. The Morgan fingerprint density at radius 3 is 2.50 bits per heavy atom. The molecule has 0 radical (unpaired) electrons. The van der Waals surface area contributed by atoms with E-state index in [0.29, 0.717) is 4.88 Å². The minimum Gasteiger partial charge on any atom is -0.497 e. The average molecular weight is 522 g/mol. The molecule has 0 spiro atoms. The van der Waals surface area contributed by atoms with Crippen LogP contribution in [0.4, 0.5) is 0 Å². The Bertz CT molecular complexity index is 1420. The Morgan fingerprint density at radius 2 is 1.81 bits per heavy atom. The molecular weight excluding hydrogens is 506 g/mol. The van der Waals surface area contributed by atoms with Crippen molar-refractivity contribution in [1.82, 2.24) is 14.6 Å². The maximum Gasteiger partial charge on any atom is 0.213 e. The summed E-state index contributed by atoms with van der Waals surface area (Å²) in [6.45, 7) is 0. The van der Waals surface area contributed by atoms with Crippen molar-refractivity contribution < 1.29 is 9.53 Å². The van der Waals surface area contributed by atoms with Crippen LogP contribution in [0.25, 0.3) is 32.9 Å². The second-order valence-corrected chi connectivity index (χ2v) is 9.68. The monoisotopic (exact) mass is 521 g/mol. The summed E-state index contributed by atoms with van der Waals surface area (Å²) in [5.74, 6) is 0.755. The Labute approximate surface area is 200 Å². The third-order valence-corrected chi connectivity index (χ3v) is 7.22. The van der Waals surface area contributed by atoms with Gasteiger partial charge in [-0.1, -0.05) is 45.5 Å². The molecule has 0 fully saturated rings. The van der Waals surface area contributed by atoms with E-state index in [1.54, 1.807) is 23.8 Å².